The van der Waals surface area contributed by atoms with E-state index in [9.17, 15) is 4.79 Å². The zero-order valence-corrected chi connectivity index (χ0v) is 16.0. The lowest BCUT2D eigenvalue weighted by molar-refractivity contribution is 0.180. The van der Waals surface area contributed by atoms with Crippen LogP contribution in [0.3, 0.4) is 0 Å². The molecule has 0 unspecified atom stereocenters. The first-order valence-electron chi connectivity index (χ1n) is 9.70. The highest BCUT2D eigenvalue weighted by Gasteiger charge is 2.34. The summed E-state index contributed by atoms with van der Waals surface area (Å²) in [5.74, 6) is 1.08. The SMILES string of the molecule is Cc1ccccc1-c1noc([C@@H]2CCCN2C(=O)NCCc2ccccc2)n1. The monoisotopic (exact) mass is 376 g/mol. The predicted molar refractivity (Wildman–Crippen MR) is 107 cm³/mol. The topological polar surface area (TPSA) is 71.3 Å². The molecular formula is C22H24N4O2. The number of carbonyl (C=O) groups excluding carboxylic acids is 1. The normalized spacial score (nSPS) is 16.3. The zero-order valence-electron chi connectivity index (χ0n) is 16.0. The Bertz CT molecular complexity index is 938. The van der Waals surface area contributed by atoms with Gasteiger partial charge in [0.2, 0.25) is 11.7 Å². The lowest BCUT2D eigenvalue weighted by Crippen LogP contribution is -2.40. The van der Waals surface area contributed by atoms with Gasteiger partial charge in [0.1, 0.15) is 6.04 Å². The minimum Gasteiger partial charge on any atom is -0.338 e. The molecule has 4 rings (SSSR count). The van der Waals surface area contributed by atoms with Gasteiger partial charge in [-0.3, -0.25) is 0 Å². The molecule has 2 heterocycles. The fourth-order valence-electron chi connectivity index (χ4n) is 3.63. The number of aromatic nitrogens is 2. The molecule has 1 N–H and O–H groups in total. The molecule has 0 spiro atoms. The van der Waals surface area contributed by atoms with E-state index in [1.165, 1.54) is 5.56 Å². The molecule has 6 heteroatoms. The number of urea groups is 1. The van der Waals surface area contributed by atoms with E-state index in [1.54, 1.807) is 4.90 Å². The van der Waals surface area contributed by atoms with E-state index >= 15 is 0 Å². The Morgan fingerprint density at radius 1 is 1.18 bits per heavy atom. The van der Waals surface area contributed by atoms with E-state index in [2.05, 4.69) is 27.6 Å². The number of nitrogens with zero attached hydrogens (tertiary/aromatic N) is 3. The van der Waals surface area contributed by atoms with Crippen LogP contribution in [0, 0.1) is 6.92 Å². The van der Waals surface area contributed by atoms with Crippen molar-refractivity contribution in [3.63, 3.8) is 0 Å². The van der Waals surface area contributed by atoms with Crippen molar-refractivity contribution >= 4 is 6.03 Å². The number of carbonyl (C=O) groups is 1. The summed E-state index contributed by atoms with van der Waals surface area (Å²) in [5, 5.41) is 7.16. The van der Waals surface area contributed by atoms with Crippen LogP contribution in [0.1, 0.15) is 35.9 Å². The van der Waals surface area contributed by atoms with Gasteiger partial charge in [0, 0.05) is 18.7 Å². The van der Waals surface area contributed by atoms with Gasteiger partial charge in [-0.2, -0.15) is 4.98 Å². The summed E-state index contributed by atoms with van der Waals surface area (Å²) in [6, 6.07) is 17.8. The maximum absolute atomic E-state index is 12.7. The minimum atomic E-state index is -0.165. The van der Waals surface area contributed by atoms with Crippen LogP contribution in [0.15, 0.2) is 59.1 Å². The molecule has 0 saturated carbocycles. The number of benzene rings is 2. The van der Waals surface area contributed by atoms with Gasteiger partial charge in [0.15, 0.2) is 0 Å². The third-order valence-electron chi connectivity index (χ3n) is 5.16. The molecule has 2 amide bonds. The first-order chi connectivity index (χ1) is 13.7. The minimum absolute atomic E-state index is 0.0749. The first-order valence-corrected chi connectivity index (χ1v) is 9.70. The number of rotatable bonds is 5. The Hall–Kier alpha value is -3.15. The van der Waals surface area contributed by atoms with E-state index in [1.807, 2.05) is 49.4 Å². The lowest BCUT2D eigenvalue weighted by atomic mass is 10.1. The van der Waals surface area contributed by atoms with Gasteiger partial charge in [-0.05, 0) is 37.3 Å². The molecule has 1 aliphatic rings. The second-order valence-corrected chi connectivity index (χ2v) is 7.09. The summed E-state index contributed by atoms with van der Waals surface area (Å²) in [7, 11) is 0. The Kier molecular flexibility index (Phi) is 5.37. The summed E-state index contributed by atoms with van der Waals surface area (Å²) in [5.41, 5.74) is 3.26. The standard InChI is InChI=1S/C22H24N4O2/c1-16-8-5-6-11-18(16)20-24-21(28-25-20)19-12-7-15-26(19)22(27)23-14-13-17-9-3-2-4-10-17/h2-6,8-11,19H,7,12-15H2,1H3,(H,23,27)/t19-/m0/s1. The molecule has 0 bridgehead atoms. The van der Waals surface area contributed by atoms with Crippen molar-refractivity contribution in [2.75, 3.05) is 13.1 Å². The van der Waals surface area contributed by atoms with E-state index in [0.29, 0.717) is 24.8 Å². The fourth-order valence-corrected chi connectivity index (χ4v) is 3.63. The van der Waals surface area contributed by atoms with Gasteiger partial charge in [-0.25, -0.2) is 4.79 Å². The van der Waals surface area contributed by atoms with Crippen LogP contribution in [-0.2, 0) is 6.42 Å². The smallest absolute Gasteiger partial charge is 0.318 e. The Morgan fingerprint density at radius 3 is 2.79 bits per heavy atom. The van der Waals surface area contributed by atoms with Crippen LogP contribution in [0.2, 0.25) is 0 Å². The molecular weight excluding hydrogens is 352 g/mol. The molecule has 1 atom stereocenters. The van der Waals surface area contributed by atoms with Crippen molar-refractivity contribution in [3.8, 4) is 11.4 Å². The molecule has 1 aliphatic heterocycles. The third-order valence-corrected chi connectivity index (χ3v) is 5.16. The fraction of sp³-hybridized carbons (Fsp3) is 0.318. The van der Waals surface area contributed by atoms with Crippen molar-refractivity contribution < 1.29 is 9.32 Å². The number of amides is 2. The molecule has 3 aromatic rings. The zero-order chi connectivity index (χ0) is 19.3. The summed E-state index contributed by atoms with van der Waals surface area (Å²) >= 11 is 0. The summed E-state index contributed by atoms with van der Waals surface area (Å²) in [4.78, 5) is 19.1. The molecule has 28 heavy (non-hydrogen) atoms. The van der Waals surface area contributed by atoms with Crippen LogP contribution in [0.5, 0.6) is 0 Å². The lowest BCUT2D eigenvalue weighted by Gasteiger charge is -2.22. The molecule has 144 valence electrons. The molecule has 6 nitrogen and oxygen atoms in total. The van der Waals surface area contributed by atoms with Crippen LogP contribution in [0.4, 0.5) is 4.79 Å². The van der Waals surface area contributed by atoms with Crippen molar-refractivity contribution in [1.29, 1.82) is 0 Å². The van der Waals surface area contributed by atoms with Gasteiger partial charge < -0.3 is 14.7 Å². The molecule has 2 aromatic carbocycles. The average molecular weight is 376 g/mol. The van der Waals surface area contributed by atoms with Crippen LogP contribution in [0.25, 0.3) is 11.4 Å². The summed E-state index contributed by atoms with van der Waals surface area (Å²) in [6.07, 6.45) is 2.57. The number of hydrogen-bond donors (Lipinski definition) is 1. The summed E-state index contributed by atoms with van der Waals surface area (Å²) in [6.45, 7) is 3.32. The first kappa shape index (κ1) is 18.2. The van der Waals surface area contributed by atoms with Crippen LogP contribution < -0.4 is 5.32 Å². The molecule has 1 saturated heterocycles. The second-order valence-electron chi connectivity index (χ2n) is 7.09. The van der Waals surface area contributed by atoms with Crippen LogP contribution >= 0.6 is 0 Å². The number of nitrogens with one attached hydrogen (secondary N) is 1. The maximum atomic E-state index is 12.7. The van der Waals surface area contributed by atoms with Gasteiger partial charge in [0.05, 0.1) is 0 Å². The third kappa shape index (κ3) is 3.91. The summed E-state index contributed by atoms with van der Waals surface area (Å²) < 4.78 is 5.53. The van der Waals surface area contributed by atoms with Crippen molar-refractivity contribution in [2.24, 2.45) is 0 Å². The molecule has 1 fully saturated rings. The second kappa shape index (κ2) is 8.25. The quantitative estimate of drug-likeness (QED) is 0.727. The van der Waals surface area contributed by atoms with E-state index in [4.69, 9.17) is 4.52 Å². The van der Waals surface area contributed by atoms with Gasteiger partial charge in [-0.1, -0.05) is 59.8 Å². The number of aryl methyl sites for hydroxylation is 1. The highest BCUT2D eigenvalue weighted by molar-refractivity contribution is 5.75. The Balaban J connectivity index is 1.41. The van der Waals surface area contributed by atoms with Crippen LogP contribution in [-0.4, -0.2) is 34.2 Å². The molecule has 0 radical (unpaired) electrons. The van der Waals surface area contributed by atoms with Crippen molar-refractivity contribution in [3.05, 3.63) is 71.6 Å². The van der Waals surface area contributed by atoms with E-state index in [0.717, 1.165) is 30.4 Å². The van der Waals surface area contributed by atoms with Gasteiger partial charge in [-0.15, -0.1) is 0 Å². The van der Waals surface area contributed by atoms with Crippen molar-refractivity contribution in [2.45, 2.75) is 32.2 Å². The van der Waals surface area contributed by atoms with Gasteiger partial charge >= 0.3 is 6.03 Å². The number of hydrogen-bond acceptors (Lipinski definition) is 4. The van der Waals surface area contributed by atoms with Gasteiger partial charge in [0.25, 0.3) is 0 Å². The predicted octanol–water partition coefficient (Wildman–Crippen LogP) is 4.13. The highest BCUT2D eigenvalue weighted by Crippen LogP contribution is 2.32. The number of likely N-dealkylation sites (tertiary alicyclic amines) is 1. The van der Waals surface area contributed by atoms with Crippen molar-refractivity contribution in [1.82, 2.24) is 20.4 Å². The Morgan fingerprint density at radius 2 is 1.96 bits per heavy atom. The Labute approximate surface area is 164 Å². The van der Waals surface area contributed by atoms with E-state index in [-0.39, 0.29) is 12.1 Å². The maximum Gasteiger partial charge on any atom is 0.318 e. The van der Waals surface area contributed by atoms with E-state index < -0.39 is 0 Å². The highest BCUT2D eigenvalue weighted by atomic mass is 16.5. The average Bonchev–Trinajstić information content (AvgIpc) is 3.38. The molecule has 0 aliphatic carbocycles. The largest absolute Gasteiger partial charge is 0.338 e. The molecule has 1 aromatic heterocycles.